The van der Waals surface area contributed by atoms with Crippen molar-refractivity contribution in [3.05, 3.63) is 95.6 Å². The van der Waals surface area contributed by atoms with Crippen LogP contribution < -0.4 is 20.3 Å². The molecule has 36 heavy (non-hydrogen) atoms. The zero-order chi connectivity index (χ0) is 26.0. The molecule has 0 radical (unpaired) electrons. The number of amides is 3. The minimum absolute atomic E-state index is 0.120. The first-order valence-corrected chi connectivity index (χ1v) is 12.1. The Morgan fingerprint density at radius 1 is 1.08 bits per heavy atom. The van der Waals surface area contributed by atoms with E-state index in [1.54, 1.807) is 30.0 Å². The molecule has 0 fully saturated rings. The van der Waals surface area contributed by atoms with Crippen molar-refractivity contribution >= 4 is 28.9 Å². The zero-order valence-electron chi connectivity index (χ0n) is 21.5. The normalized spacial score (nSPS) is 15.1. The van der Waals surface area contributed by atoms with Gasteiger partial charge < -0.3 is 20.3 Å². The summed E-state index contributed by atoms with van der Waals surface area (Å²) in [5.41, 5.74) is 5.72. The second-order valence-electron chi connectivity index (χ2n) is 9.86. The lowest BCUT2D eigenvalue weighted by molar-refractivity contribution is -0.125. The lowest BCUT2D eigenvalue weighted by Crippen LogP contribution is -2.44. The maximum absolute atomic E-state index is 13.1. The summed E-state index contributed by atoms with van der Waals surface area (Å²) < 4.78 is 5.84. The van der Waals surface area contributed by atoms with E-state index < -0.39 is 11.6 Å². The number of allylic oxidation sites excluding steroid dienone is 1. The number of nitrogens with one attached hydrogen (secondary N) is 2. The van der Waals surface area contributed by atoms with E-state index in [2.05, 4.69) is 17.2 Å². The summed E-state index contributed by atoms with van der Waals surface area (Å²) in [7, 11) is 0. The van der Waals surface area contributed by atoms with Crippen molar-refractivity contribution in [2.75, 3.05) is 10.2 Å². The standard InChI is InChI=1S/C30H33N3O3/c1-19(2)22-12-9-13-24(16-22)30(5,6)32-29(35)31-25-14-15-27-26(17-25)33(28(34)21(4)36-27)18-23-11-8-7-10-20(23)3/h7-17,21H,1,18H2,2-6H3,(H2,31,32,35). The quantitative estimate of drug-likeness (QED) is 0.426. The molecule has 1 heterocycles. The molecule has 3 aromatic carbocycles. The molecule has 2 N–H and O–H groups in total. The summed E-state index contributed by atoms with van der Waals surface area (Å²) >= 11 is 0. The van der Waals surface area contributed by atoms with Crippen LogP contribution >= 0.6 is 0 Å². The Morgan fingerprint density at radius 3 is 2.56 bits per heavy atom. The first-order chi connectivity index (χ1) is 17.0. The van der Waals surface area contributed by atoms with E-state index in [-0.39, 0.29) is 11.9 Å². The van der Waals surface area contributed by atoms with E-state index in [4.69, 9.17) is 4.74 Å². The Kier molecular flexibility index (Phi) is 6.88. The lowest BCUT2D eigenvalue weighted by Gasteiger charge is -2.34. The number of rotatable bonds is 6. The molecule has 3 aromatic rings. The molecule has 1 atom stereocenters. The molecule has 0 aliphatic carbocycles. The fourth-order valence-corrected chi connectivity index (χ4v) is 4.30. The van der Waals surface area contributed by atoms with E-state index in [1.165, 1.54) is 0 Å². The Balaban J connectivity index is 1.55. The molecular weight excluding hydrogens is 450 g/mol. The van der Waals surface area contributed by atoms with Crippen LogP contribution in [0.25, 0.3) is 5.57 Å². The molecule has 0 aromatic heterocycles. The number of ether oxygens (including phenoxy) is 1. The van der Waals surface area contributed by atoms with Gasteiger partial charge in [0.15, 0.2) is 6.10 Å². The van der Waals surface area contributed by atoms with Crippen molar-refractivity contribution in [1.29, 1.82) is 0 Å². The van der Waals surface area contributed by atoms with Gasteiger partial charge in [0, 0.05) is 5.69 Å². The molecule has 3 amide bonds. The van der Waals surface area contributed by atoms with Gasteiger partial charge in [-0.05, 0) is 81.1 Å². The number of aryl methyl sites for hydroxylation is 1. The van der Waals surface area contributed by atoms with Crippen LogP contribution in [0, 0.1) is 6.92 Å². The molecule has 0 spiro atoms. The Hall–Kier alpha value is -4.06. The van der Waals surface area contributed by atoms with Gasteiger partial charge >= 0.3 is 6.03 Å². The Bertz CT molecular complexity index is 1330. The number of hydrogen-bond acceptors (Lipinski definition) is 3. The number of nitrogens with zero attached hydrogens (tertiary/aromatic N) is 1. The predicted molar refractivity (Wildman–Crippen MR) is 145 cm³/mol. The smallest absolute Gasteiger partial charge is 0.319 e. The number of benzene rings is 3. The molecule has 186 valence electrons. The summed E-state index contributed by atoms with van der Waals surface area (Å²) in [4.78, 5) is 27.7. The summed E-state index contributed by atoms with van der Waals surface area (Å²) in [6.07, 6.45) is -0.584. The van der Waals surface area contributed by atoms with Gasteiger partial charge in [0.2, 0.25) is 0 Å². The fourth-order valence-electron chi connectivity index (χ4n) is 4.30. The summed E-state index contributed by atoms with van der Waals surface area (Å²) in [6.45, 7) is 14.1. The van der Waals surface area contributed by atoms with E-state index in [0.29, 0.717) is 23.7 Å². The SMILES string of the molecule is C=C(C)c1cccc(C(C)(C)NC(=O)Nc2ccc3c(c2)N(Cc2ccccc2C)C(=O)C(C)O3)c1. The second kappa shape index (κ2) is 9.90. The molecule has 4 rings (SSSR count). The maximum Gasteiger partial charge on any atom is 0.319 e. The molecule has 0 saturated heterocycles. The molecular formula is C30H33N3O3. The molecule has 0 saturated carbocycles. The van der Waals surface area contributed by atoms with Gasteiger partial charge in [0.25, 0.3) is 5.91 Å². The second-order valence-corrected chi connectivity index (χ2v) is 9.86. The van der Waals surface area contributed by atoms with Crippen molar-refractivity contribution in [3.63, 3.8) is 0 Å². The highest BCUT2D eigenvalue weighted by Crippen LogP contribution is 2.37. The third-order valence-electron chi connectivity index (χ3n) is 6.52. The Morgan fingerprint density at radius 2 is 1.83 bits per heavy atom. The van der Waals surface area contributed by atoms with E-state index in [0.717, 1.165) is 27.8 Å². The van der Waals surface area contributed by atoms with Gasteiger partial charge in [0.05, 0.1) is 17.8 Å². The molecule has 1 unspecified atom stereocenters. The van der Waals surface area contributed by atoms with Crippen LogP contribution in [0.4, 0.5) is 16.2 Å². The number of anilines is 2. The van der Waals surface area contributed by atoms with Gasteiger partial charge in [-0.1, -0.05) is 54.6 Å². The first kappa shape index (κ1) is 25.0. The van der Waals surface area contributed by atoms with Crippen LogP contribution in [-0.2, 0) is 16.9 Å². The van der Waals surface area contributed by atoms with Crippen LogP contribution in [0.15, 0.2) is 73.3 Å². The maximum atomic E-state index is 13.1. The molecule has 6 nitrogen and oxygen atoms in total. The van der Waals surface area contributed by atoms with Crippen molar-refractivity contribution in [2.24, 2.45) is 0 Å². The highest BCUT2D eigenvalue weighted by Gasteiger charge is 2.32. The van der Waals surface area contributed by atoms with Crippen molar-refractivity contribution in [3.8, 4) is 5.75 Å². The highest BCUT2D eigenvalue weighted by atomic mass is 16.5. The van der Waals surface area contributed by atoms with Gasteiger partial charge in [0.1, 0.15) is 5.75 Å². The average Bonchev–Trinajstić information content (AvgIpc) is 2.83. The van der Waals surface area contributed by atoms with E-state index >= 15 is 0 Å². The molecule has 1 aliphatic rings. The van der Waals surface area contributed by atoms with Gasteiger partial charge in [-0.15, -0.1) is 0 Å². The lowest BCUT2D eigenvalue weighted by atomic mass is 9.92. The van der Waals surface area contributed by atoms with Gasteiger partial charge in [-0.25, -0.2) is 4.79 Å². The third-order valence-corrected chi connectivity index (χ3v) is 6.52. The number of carbonyl (C=O) groups excluding carboxylic acids is 2. The number of carbonyl (C=O) groups is 2. The number of urea groups is 1. The summed E-state index contributed by atoms with van der Waals surface area (Å²) in [6, 6.07) is 21.0. The topological polar surface area (TPSA) is 70.7 Å². The van der Waals surface area contributed by atoms with Crippen LogP contribution in [0.2, 0.25) is 0 Å². The van der Waals surface area contributed by atoms with Crippen LogP contribution in [0.5, 0.6) is 5.75 Å². The van der Waals surface area contributed by atoms with E-state index in [9.17, 15) is 9.59 Å². The zero-order valence-corrected chi connectivity index (χ0v) is 21.5. The van der Waals surface area contributed by atoms with Crippen LogP contribution in [0.1, 0.15) is 49.9 Å². The number of fused-ring (bicyclic) bond motifs is 1. The highest BCUT2D eigenvalue weighted by molar-refractivity contribution is 6.01. The number of hydrogen-bond donors (Lipinski definition) is 2. The predicted octanol–water partition coefficient (Wildman–Crippen LogP) is 6.40. The first-order valence-electron chi connectivity index (χ1n) is 12.1. The largest absolute Gasteiger partial charge is 0.479 e. The average molecular weight is 484 g/mol. The molecule has 0 bridgehead atoms. The van der Waals surface area contributed by atoms with Crippen molar-refractivity contribution < 1.29 is 14.3 Å². The van der Waals surface area contributed by atoms with Gasteiger partial charge in [-0.3, -0.25) is 4.79 Å². The minimum Gasteiger partial charge on any atom is -0.479 e. The minimum atomic E-state index is -0.616. The summed E-state index contributed by atoms with van der Waals surface area (Å²) in [5, 5.41) is 5.97. The van der Waals surface area contributed by atoms with Crippen molar-refractivity contribution in [2.45, 2.75) is 52.8 Å². The van der Waals surface area contributed by atoms with E-state index in [1.807, 2.05) is 76.2 Å². The van der Waals surface area contributed by atoms with Crippen LogP contribution in [0.3, 0.4) is 0 Å². The van der Waals surface area contributed by atoms with Gasteiger partial charge in [-0.2, -0.15) is 0 Å². The summed E-state index contributed by atoms with van der Waals surface area (Å²) in [5.74, 6) is 0.490. The molecule has 6 heteroatoms. The third kappa shape index (κ3) is 5.28. The van der Waals surface area contributed by atoms with Crippen molar-refractivity contribution in [1.82, 2.24) is 5.32 Å². The molecule has 1 aliphatic heterocycles. The monoisotopic (exact) mass is 483 g/mol. The fraction of sp³-hybridized carbons (Fsp3) is 0.267. The van der Waals surface area contributed by atoms with Crippen LogP contribution in [-0.4, -0.2) is 18.0 Å². The Labute approximate surface area is 213 Å².